The predicted molar refractivity (Wildman–Crippen MR) is 95.5 cm³/mol. The Balaban J connectivity index is 1.99. The largest absolute Gasteiger partial charge is 0.335 e. The summed E-state index contributed by atoms with van der Waals surface area (Å²) in [6.07, 6.45) is 6.81. The Bertz CT molecular complexity index is 471. The van der Waals surface area contributed by atoms with Gasteiger partial charge < -0.3 is 16.0 Å². The van der Waals surface area contributed by atoms with Crippen LogP contribution in [0.25, 0.3) is 0 Å². The average molecular weight is 317 g/mol. The van der Waals surface area contributed by atoms with Gasteiger partial charge in [0.15, 0.2) is 0 Å². The summed E-state index contributed by atoms with van der Waals surface area (Å²) in [5, 5.41) is 9.75. The van der Waals surface area contributed by atoms with Crippen molar-refractivity contribution in [1.82, 2.24) is 16.0 Å². The van der Waals surface area contributed by atoms with Crippen LogP contribution in [0.5, 0.6) is 0 Å². The smallest absolute Gasteiger partial charge is 0.315 e. The third kappa shape index (κ3) is 5.54. The molecule has 0 bridgehead atoms. The number of carbonyl (C=O) groups excluding carboxylic acids is 1. The lowest BCUT2D eigenvalue weighted by molar-refractivity contribution is 0.216. The third-order valence-electron chi connectivity index (χ3n) is 4.79. The lowest BCUT2D eigenvalue weighted by atomic mass is 9.88. The van der Waals surface area contributed by atoms with Gasteiger partial charge in [0, 0.05) is 6.04 Å². The van der Waals surface area contributed by atoms with E-state index in [1.54, 1.807) is 0 Å². The molecule has 0 aromatic heterocycles. The Kier molecular flexibility index (Phi) is 6.90. The second-order valence-corrected chi connectivity index (χ2v) is 6.74. The molecule has 1 saturated carbocycles. The number of rotatable bonds is 7. The highest BCUT2D eigenvalue weighted by molar-refractivity contribution is 5.75. The number of amides is 2. The van der Waals surface area contributed by atoms with Gasteiger partial charge in [-0.2, -0.15) is 0 Å². The maximum absolute atomic E-state index is 12.5. The first-order valence-corrected chi connectivity index (χ1v) is 8.99. The Hall–Kier alpha value is -1.55. The van der Waals surface area contributed by atoms with Crippen LogP contribution in [0.2, 0.25) is 0 Å². The Morgan fingerprint density at radius 3 is 2.52 bits per heavy atom. The van der Waals surface area contributed by atoms with Gasteiger partial charge in [-0.05, 0) is 44.8 Å². The van der Waals surface area contributed by atoms with Crippen molar-refractivity contribution in [3.8, 4) is 0 Å². The van der Waals surface area contributed by atoms with Gasteiger partial charge in [-0.1, -0.05) is 56.5 Å². The van der Waals surface area contributed by atoms with Crippen molar-refractivity contribution in [2.45, 2.75) is 64.0 Å². The van der Waals surface area contributed by atoms with Gasteiger partial charge in [-0.15, -0.1) is 0 Å². The number of nitrogens with one attached hydrogen (secondary N) is 3. The molecule has 1 aliphatic carbocycles. The molecular formula is C19H31N3O. The molecule has 1 unspecified atom stereocenters. The summed E-state index contributed by atoms with van der Waals surface area (Å²) in [6.45, 7) is 6.04. The van der Waals surface area contributed by atoms with Gasteiger partial charge in [0.2, 0.25) is 0 Å². The molecule has 4 heteroatoms. The Labute approximate surface area is 140 Å². The molecule has 0 spiro atoms. The summed E-state index contributed by atoms with van der Waals surface area (Å²) in [5.41, 5.74) is 0.791. The van der Waals surface area contributed by atoms with Gasteiger partial charge in [-0.3, -0.25) is 0 Å². The first-order chi connectivity index (χ1) is 11.1. The van der Waals surface area contributed by atoms with E-state index in [0.717, 1.165) is 37.9 Å². The molecule has 1 fully saturated rings. The van der Waals surface area contributed by atoms with Crippen LogP contribution >= 0.6 is 0 Å². The summed E-state index contributed by atoms with van der Waals surface area (Å²) in [4.78, 5) is 12.5. The molecule has 0 saturated heterocycles. The second-order valence-electron chi connectivity index (χ2n) is 6.74. The molecule has 2 rings (SSSR count). The lowest BCUT2D eigenvalue weighted by Crippen LogP contribution is -2.52. The van der Waals surface area contributed by atoms with Crippen LogP contribution in [0.15, 0.2) is 30.3 Å². The van der Waals surface area contributed by atoms with E-state index in [9.17, 15) is 4.79 Å². The Morgan fingerprint density at radius 2 is 1.87 bits per heavy atom. The SMILES string of the molecule is CCNCCC(C)(NC(=O)NC1CCCCC1)c1ccccc1. The fourth-order valence-electron chi connectivity index (χ4n) is 3.32. The van der Waals surface area contributed by atoms with E-state index in [1.807, 2.05) is 18.2 Å². The van der Waals surface area contributed by atoms with E-state index in [-0.39, 0.29) is 11.6 Å². The number of benzene rings is 1. The maximum atomic E-state index is 12.5. The van der Waals surface area contributed by atoms with E-state index in [4.69, 9.17) is 0 Å². The van der Waals surface area contributed by atoms with Crippen LogP contribution in [-0.2, 0) is 5.54 Å². The van der Waals surface area contributed by atoms with Crippen LogP contribution in [0.3, 0.4) is 0 Å². The van der Waals surface area contributed by atoms with Gasteiger partial charge >= 0.3 is 6.03 Å². The quantitative estimate of drug-likeness (QED) is 0.674. The molecule has 1 aromatic carbocycles. The summed E-state index contributed by atoms with van der Waals surface area (Å²) in [6, 6.07) is 10.5. The highest BCUT2D eigenvalue weighted by atomic mass is 16.2. The zero-order valence-electron chi connectivity index (χ0n) is 14.5. The molecule has 1 aromatic rings. The first-order valence-electron chi connectivity index (χ1n) is 8.99. The third-order valence-corrected chi connectivity index (χ3v) is 4.79. The number of hydrogen-bond donors (Lipinski definition) is 3. The van der Waals surface area contributed by atoms with Gasteiger partial charge in [0.25, 0.3) is 0 Å². The molecule has 0 heterocycles. The summed E-state index contributed by atoms with van der Waals surface area (Å²) in [7, 11) is 0. The highest BCUT2D eigenvalue weighted by Crippen LogP contribution is 2.24. The van der Waals surface area contributed by atoms with Crippen molar-refractivity contribution < 1.29 is 4.79 Å². The first kappa shape index (κ1) is 17.8. The summed E-state index contributed by atoms with van der Waals surface area (Å²) in [5.74, 6) is 0. The van der Waals surface area contributed by atoms with Crippen LogP contribution in [0.4, 0.5) is 4.79 Å². The van der Waals surface area contributed by atoms with E-state index in [2.05, 4.69) is 41.9 Å². The fourth-order valence-corrected chi connectivity index (χ4v) is 3.32. The minimum absolute atomic E-state index is 0.0419. The van der Waals surface area contributed by atoms with Crippen molar-refractivity contribution >= 4 is 6.03 Å². The predicted octanol–water partition coefficient (Wildman–Crippen LogP) is 3.53. The molecule has 0 aliphatic heterocycles. The van der Waals surface area contributed by atoms with E-state index in [1.165, 1.54) is 19.3 Å². The van der Waals surface area contributed by atoms with Crippen LogP contribution in [-0.4, -0.2) is 25.2 Å². The molecule has 1 atom stereocenters. The van der Waals surface area contributed by atoms with Crippen molar-refractivity contribution in [2.24, 2.45) is 0 Å². The number of carbonyl (C=O) groups is 1. The van der Waals surface area contributed by atoms with Crippen molar-refractivity contribution in [1.29, 1.82) is 0 Å². The van der Waals surface area contributed by atoms with Gasteiger partial charge in [0.1, 0.15) is 0 Å². The molecule has 0 radical (unpaired) electrons. The summed E-state index contributed by atoms with van der Waals surface area (Å²) >= 11 is 0. The monoisotopic (exact) mass is 317 g/mol. The molecule has 1 aliphatic rings. The minimum Gasteiger partial charge on any atom is -0.335 e. The minimum atomic E-state index is -0.359. The number of hydrogen-bond acceptors (Lipinski definition) is 2. The highest BCUT2D eigenvalue weighted by Gasteiger charge is 2.29. The molecule has 4 nitrogen and oxygen atoms in total. The van der Waals surface area contributed by atoms with Crippen LogP contribution in [0.1, 0.15) is 57.9 Å². The lowest BCUT2D eigenvalue weighted by Gasteiger charge is -2.33. The molecule has 128 valence electrons. The molecular weight excluding hydrogens is 286 g/mol. The normalized spacial score (nSPS) is 18.2. The fraction of sp³-hybridized carbons (Fsp3) is 0.632. The van der Waals surface area contributed by atoms with E-state index in [0.29, 0.717) is 6.04 Å². The van der Waals surface area contributed by atoms with Crippen molar-refractivity contribution in [2.75, 3.05) is 13.1 Å². The average Bonchev–Trinajstić information content (AvgIpc) is 2.56. The van der Waals surface area contributed by atoms with Crippen LogP contribution in [0, 0.1) is 0 Å². The molecule has 3 N–H and O–H groups in total. The standard InChI is InChI=1S/C19H31N3O/c1-3-20-15-14-19(2,16-10-6-4-7-11-16)22-18(23)21-17-12-8-5-9-13-17/h4,6-7,10-11,17,20H,3,5,8-9,12-15H2,1-2H3,(H2,21,22,23). The van der Waals surface area contributed by atoms with E-state index >= 15 is 0 Å². The molecule has 2 amide bonds. The Morgan fingerprint density at radius 1 is 1.17 bits per heavy atom. The van der Waals surface area contributed by atoms with E-state index < -0.39 is 0 Å². The van der Waals surface area contributed by atoms with Crippen molar-refractivity contribution in [3.63, 3.8) is 0 Å². The number of urea groups is 1. The zero-order chi connectivity index (χ0) is 16.5. The second kappa shape index (κ2) is 8.92. The van der Waals surface area contributed by atoms with Gasteiger partial charge in [0.05, 0.1) is 5.54 Å². The van der Waals surface area contributed by atoms with Crippen LogP contribution < -0.4 is 16.0 Å². The molecule has 23 heavy (non-hydrogen) atoms. The summed E-state index contributed by atoms with van der Waals surface area (Å²) < 4.78 is 0. The topological polar surface area (TPSA) is 53.2 Å². The van der Waals surface area contributed by atoms with Crippen molar-refractivity contribution in [3.05, 3.63) is 35.9 Å². The van der Waals surface area contributed by atoms with Gasteiger partial charge in [-0.25, -0.2) is 4.79 Å². The maximum Gasteiger partial charge on any atom is 0.315 e. The zero-order valence-corrected chi connectivity index (χ0v) is 14.5.